The summed E-state index contributed by atoms with van der Waals surface area (Å²) in [5, 5.41) is 12.8. The van der Waals surface area contributed by atoms with E-state index in [9.17, 15) is 5.26 Å². The van der Waals surface area contributed by atoms with Crippen LogP contribution in [0.4, 0.5) is 0 Å². The Morgan fingerprint density at radius 3 is 2.87 bits per heavy atom. The van der Waals surface area contributed by atoms with Crippen molar-refractivity contribution >= 4 is 0 Å². The molecule has 1 saturated carbocycles. The average Bonchev–Trinajstić information content (AvgIpc) is 2.58. The monoisotopic (exact) mass is 210 g/mol. The lowest BCUT2D eigenvalue weighted by atomic mass is 9.85. The Hall–Kier alpha value is -0.590. The largest absolute Gasteiger partial charge is 0.385 e. The third-order valence-corrected chi connectivity index (χ3v) is 3.24. The molecule has 3 nitrogen and oxygen atoms in total. The molecule has 1 N–H and O–H groups in total. The van der Waals surface area contributed by atoms with E-state index in [0.29, 0.717) is 12.0 Å². The zero-order valence-electron chi connectivity index (χ0n) is 10.0. The molecule has 1 fully saturated rings. The van der Waals surface area contributed by atoms with Crippen molar-refractivity contribution in [2.75, 3.05) is 13.7 Å². The van der Waals surface area contributed by atoms with Crippen LogP contribution in [0.5, 0.6) is 0 Å². The maximum absolute atomic E-state index is 9.38. The van der Waals surface area contributed by atoms with Gasteiger partial charge in [-0.1, -0.05) is 6.42 Å². The highest BCUT2D eigenvalue weighted by atomic mass is 16.5. The van der Waals surface area contributed by atoms with Crippen molar-refractivity contribution in [1.29, 1.82) is 5.26 Å². The number of hydrogen-bond acceptors (Lipinski definition) is 3. The van der Waals surface area contributed by atoms with E-state index in [1.807, 2.05) is 0 Å². The number of nitrogens with zero attached hydrogens (tertiary/aromatic N) is 1. The normalized spacial score (nSPS) is 30.7. The minimum absolute atomic E-state index is 0.299. The summed E-state index contributed by atoms with van der Waals surface area (Å²) in [6.45, 7) is 4.96. The summed E-state index contributed by atoms with van der Waals surface area (Å²) in [6.07, 6.45) is 4.28. The van der Waals surface area contributed by atoms with Crippen molar-refractivity contribution in [3.63, 3.8) is 0 Å². The summed E-state index contributed by atoms with van der Waals surface area (Å²) in [4.78, 5) is 0. The molecule has 2 unspecified atom stereocenters. The van der Waals surface area contributed by atoms with Gasteiger partial charge in [0, 0.05) is 19.8 Å². The van der Waals surface area contributed by atoms with E-state index >= 15 is 0 Å². The number of methoxy groups -OCH3 is 1. The van der Waals surface area contributed by atoms with Crippen LogP contribution >= 0.6 is 0 Å². The SMILES string of the molecule is COCCC1CCCC1(C#N)NC(C)C. The molecule has 3 heteroatoms. The maximum Gasteiger partial charge on any atom is 0.109 e. The molecule has 1 aliphatic carbocycles. The van der Waals surface area contributed by atoms with Crippen molar-refractivity contribution < 1.29 is 4.74 Å². The predicted molar refractivity (Wildman–Crippen MR) is 60.4 cm³/mol. The van der Waals surface area contributed by atoms with Crippen LogP contribution in [0.25, 0.3) is 0 Å². The molecule has 0 heterocycles. The molecule has 0 aromatic rings. The third-order valence-electron chi connectivity index (χ3n) is 3.24. The zero-order valence-corrected chi connectivity index (χ0v) is 10.0. The van der Waals surface area contributed by atoms with Crippen molar-refractivity contribution in [3.8, 4) is 6.07 Å². The van der Waals surface area contributed by atoms with Gasteiger partial charge < -0.3 is 4.74 Å². The van der Waals surface area contributed by atoms with Crippen molar-refractivity contribution in [2.24, 2.45) is 5.92 Å². The number of hydrogen-bond donors (Lipinski definition) is 1. The first-order chi connectivity index (χ1) is 7.14. The van der Waals surface area contributed by atoms with Gasteiger partial charge in [0.25, 0.3) is 0 Å². The van der Waals surface area contributed by atoms with Crippen LogP contribution in [-0.4, -0.2) is 25.3 Å². The highest BCUT2D eigenvalue weighted by molar-refractivity contribution is 5.14. The van der Waals surface area contributed by atoms with Gasteiger partial charge in [-0.2, -0.15) is 5.26 Å². The Labute approximate surface area is 92.8 Å². The smallest absolute Gasteiger partial charge is 0.109 e. The van der Waals surface area contributed by atoms with Gasteiger partial charge in [0.05, 0.1) is 6.07 Å². The summed E-state index contributed by atoms with van der Waals surface area (Å²) < 4.78 is 5.11. The molecule has 15 heavy (non-hydrogen) atoms. The molecule has 0 radical (unpaired) electrons. The van der Waals surface area contributed by atoms with Crippen molar-refractivity contribution in [3.05, 3.63) is 0 Å². The van der Waals surface area contributed by atoms with Crippen LogP contribution in [0.1, 0.15) is 39.5 Å². The van der Waals surface area contributed by atoms with Gasteiger partial charge in [0.15, 0.2) is 0 Å². The maximum atomic E-state index is 9.38. The first-order valence-corrected chi connectivity index (χ1v) is 5.82. The van der Waals surface area contributed by atoms with Crippen LogP contribution in [0.2, 0.25) is 0 Å². The lowest BCUT2D eigenvalue weighted by Gasteiger charge is -2.31. The van der Waals surface area contributed by atoms with E-state index in [1.165, 1.54) is 0 Å². The first kappa shape index (κ1) is 12.5. The molecule has 0 saturated heterocycles. The lowest BCUT2D eigenvalue weighted by Crippen LogP contribution is -2.50. The van der Waals surface area contributed by atoms with Crippen molar-refractivity contribution in [2.45, 2.75) is 51.1 Å². The quantitative estimate of drug-likeness (QED) is 0.755. The fraction of sp³-hybridized carbons (Fsp3) is 0.917. The van der Waals surface area contributed by atoms with Crippen LogP contribution in [0.15, 0.2) is 0 Å². The van der Waals surface area contributed by atoms with Crippen molar-refractivity contribution in [1.82, 2.24) is 5.32 Å². The van der Waals surface area contributed by atoms with Gasteiger partial charge in [-0.05, 0) is 39.0 Å². The predicted octanol–water partition coefficient (Wildman–Crippen LogP) is 2.08. The molecular weight excluding hydrogens is 188 g/mol. The molecular formula is C12H22N2O. The lowest BCUT2D eigenvalue weighted by molar-refractivity contribution is 0.158. The molecule has 0 spiro atoms. The molecule has 2 atom stereocenters. The number of nitriles is 1. The van der Waals surface area contributed by atoms with Gasteiger partial charge >= 0.3 is 0 Å². The Bertz CT molecular complexity index is 234. The van der Waals surface area contributed by atoms with E-state index in [4.69, 9.17) is 4.74 Å². The number of nitrogens with one attached hydrogen (secondary N) is 1. The Kier molecular flexibility index (Phi) is 4.56. The third kappa shape index (κ3) is 2.93. The summed E-state index contributed by atoms with van der Waals surface area (Å²) in [5.74, 6) is 0.449. The van der Waals surface area contributed by atoms with Crippen LogP contribution in [0, 0.1) is 17.2 Å². The molecule has 1 aliphatic rings. The highest BCUT2D eigenvalue weighted by Gasteiger charge is 2.42. The molecule has 0 bridgehead atoms. The fourth-order valence-electron chi connectivity index (χ4n) is 2.61. The van der Waals surface area contributed by atoms with E-state index in [0.717, 1.165) is 32.3 Å². The topological polar surface area (TPSA) is 45.0 Å². The minimum Gasteiger partial charge on any atom is -0.385 e. The van der Waals surface area contributed by atoms with E-state index in [2.05, 4.69) is 25.2 Å². The van der Waals surface area contributed by atoms with Crippen LogP contribution in [-0.2, 0) is 4.74 Å². The van der Waals surface area contributed by atoms with E-state index in [-0.39, 0.29) is 5.54 Å². The van der Waals surface area contributed by atoms with Gasteiger partial charge in [-0.3, -0.25) is 5.32 Å². The molecule has 86 valence electrons. The summed E-state index contributed by atoms with van der Waals surface area (Å²) >= 11 is 0. The van der Waals surface area contributed by atoms with Gasteiger partial charge in [0.1, 0.15) is 5.54 Å². The van der Waals surface area contributed by atoms with Gasteiger partial charge in [-0.25, -0.2) is 0 Å². The Morgan fingerprint density at radius 1 is 1.60 bits per heavy atom. The Morgan fingerprint density at radius 2 is 2.33 bits per heavy atom. The number of rotatable bonds is 5. The average molecular weight is 210 g/mol. The first-order valence-electron chi connectivity index (χ1n) is 5.82. The summed E-state index contributed by atoms with van der Waals surface area (Å²) in [7, 11) is 1.72. The van der Waals surface area contributed by atoms with Gasteiger partial charge in [0.2, 0.25) is 0 Å². The second-order valence-corrected chi connectivity index (χ2v) is 4.75. The molecule has 0 aliphatic heterocycles. The van der Waals surface area contributed by atoms with Gasteiger partial charge in [-0.15, -0.1) is 0 Å². The second-order valence-electron chi connectivity index (χ2n) is 4.75. The Balaban J connectivity index is 2.64. The summed E-state index contributed by atoms with van der Waals surface area (Å²) in [5.41, 5.74) is -0.299. The standard InChI is InChI=1S/C12H22N2O/c1-10(2)14-12(9-13)7-4-5-11(12)6-8-15-3/h10-11,14H,4-8H2,1-3H3. The zero-order chi connectivity index (χ0) is 11.3. The summed E-state index contributed by atoms with van der Waals surface area (Å²) in [6, 6.07) is 2.87. The minimum atomic E-state index is -0.299. The van der Waals surface area contributed by atoms with Crippen LogP contribution in [0.3, 0.4) is 0 Å². The molecule has 0 amide bonds. The fourth-order valence-corrected chi connectivity index (χ4v) is 2.61. The second kappa shape index (κ2) is 5.48. The molecule has 0 aromatic carbocycles. The van der Waals surface area contributed by atoms with E-state index < -0.39 is 0 Å². The molecule has 1 rings (SSSR count). The van der Waals surface area contributed by atoms with Crippen LogP contribution < -0.4 is 5.32 Å². The van der Waals surface area contributed by atoms with E-state index in [1.54, 1.807) is 7.11 Å². The number of ether oxygens (including phenoxy) is 1. The molecule has 0 aromatic heterocycles. The highest BCUT2D eigenvalue weighted by Crippen LogP contribution is 2.37.